The summed E-state index contributed by atoms with van der Waals surface area (Å²) in [7, 11) is 1.71. The monoisotopic (exact) mass is 537 g/mol. The number of nitrogens with one attached hydrogen (secondary N) is 1. The predicted molar refractivity (Wildman–Crippen MR) is 172 cm³/mol. The Morgan fingerprint density at radius 1 is 0.707 bits per heavy atom. The van der Waals surface area contributed by atoms with Gasteiger partial charge in [0.1, 0.15) is 5.84 Å². The first-order chi connectivity index (χ1) is 19.7. The Hall–Kier alpha value is -4.19. The van der Waals surface area contributed by atoms with Gasteiger partial charge in [0.05, 0.1) is 17.2 Å². The van der Waals surface area contributed by atoms with Gasteiger partial charge in [0.15, 0.2) is 0 Å². The number of fused-ring (bicyclic) bond motifs is 2. The fourth-order valence-corrected chi connectivity index (χ4v) is 4.85. The molecule has 5 heteroatoms. The van der Waals surface area contributed by atoms with E-state index in [1.165, 1.54) is 21.5 Å². The van der Waals surface area contributed by atoms with E-state index in [0.717, 1.165) is 33.7 Å². The molecule has 1 radical (unpaired) electrons. The molecule has 1 atom stereocenters. The molecule has 0 fully saturated rings. The Labute approximate surface area is 242 Å². The Bertz CT molecular complexity index is 1780. The molecule has 1 aliphatic rings. The molecule has 0 bridgehead atoms. The smallest absolute Gasteiger partial charge is 0.330 e. The van der Waals surface area contributed by atoms with E-state index in [2.05, 4.69) is 108 Å². The lowest BCUT2D eigenvalue weighted by Crippen LogP contribution is -2.49. The van der Waals surface area contributed by atoms with Crippen LogP contribution in [-0.4, -0.2) is 29.6 Å². The van der Waals surface area contributed by atoms with Gasteiger partial charge in [-0.3, -0.25) is 4.99 Å². The first kappa shape index (κ1) is 27.0. The number of aliphatic hydroxyl groups is 1. The zero-order chi connectivity index (χ0) is 28.6. The maximum Gasteiger partial charge on any atom is 0.330 e. The molecule has 2 N–H and O–H groups in total. The number of hydrogen-bond donors (Lipinski definition) is 2. The lowest BCUT2D eigenvalue weighted by Gasteiger charge is -2.37. The highest BCUT2D eigenvalue weighted by molar-refractivity contribution is 6.47. The van der Waals surface area contributed by atoms with E-state index in [9.17, 15) is 5.11 Å². The molecule has 0 amide bonds. The lowest BCUT2D eigenvalue weighted by atomic mass is 9.82. The fraction of sp³-hybridized carbons (Fsp3) is 0.194. The van der Waals surface area contributed by atoms with Crippen LogP contribution in [0, 0.1) is 0 Å². The van der Waals surface area contributed by atoms with E-state index in [-0.39, 0.29) is 6.04 Å². The van der Waals surface area contributed by atoms with Gasteiger partial charge in [-0.2, -0.15) is 0 Å². The summed E-state index contributed by atoms with van der Waals surface area (Å²) in [5, 5.41) is 18.8. The van der Waals surface area contributed by atoms with Gasteiger partial charge in [-0.25, -0.2) is 0 Å². The van der Waals surface area contributed by atoms with E-state index >= 15 is 0 Å². The van der Waals surface area contributed by atoms with Gasteiger partial charge >= 0.3 is 7.48 Å². The molecule has 1 unspecified atom stereocenters. The van der Waals surface area contributed by atoms with Crippen molar-refractivity contribution in [2.24, 2.45) is 4.99 Å². The average molecular weight is 537 g/mol. The van der Waals surface area contributed by atoms with Crippen molar-refractivity contribution in [2.45, 2.75) is 44.9 Å². The summed E-state index contributed by atoms with van der Waals surface area (Å²) in [5.74, 6) is 0.845. The minimum Gasteiger partial charge on any atom is -0.427 e. The highest BCUT2D eigenvalue weighted by Gasteiger charge is 2.35. The molecule has 1 aliphatic heterocycles. The third kappa shape index (κ3) is 5.69. The van der Waals surface area contributed by atoms with Crippen LogP contribution in [0.5, 0.6) is 0 Å². The molecular formula is C36H34BN2O2. The first-order valence-corrected chi connectivity index (χ1v) is 14.0. The molecule has 0 aromatic heterocycles. The Kier molecular flexibility index (Phi) is 7.02. The zero-order valence-electron chi connectivity index (χ0n) is 23.9. The molecule has 1 heterocycles. The highest BCUT2D eigenvalue weighted by Crippen LogP contribution is 2.31. The number of rotatable bonds is 7. The Balaban J connectivity index is 1.34. The van der Waals surface area contributed by atoms with E-state index in [1.54, 1.807) is 21.3 Å². The van der Waals surface area contributed by atoms with Crippen molar-refractivity contribution in [2.75, 3.05) is 0 Å². The van der Waals surface area contributed by atoms with Gasteiger partial charge in [-0.15, -0.1) is 0 Å². The van der Waals surface area contributed by atoms with Crippen molar-refractivity contribution < 1.29 is 9.76 Å². The number of nitrogens with zero attached hydrogens (tertiary/aromatic N) is 1. The molecular weight excluding hydrogens is 503 g/mol. The molecule has 5 aromatic rings. The van der Waals surface area contributed by atoms with Crippen molar-refractivity contribution in [3.63, 3.8) is 0 Å². The van der Waals surface area contributed by atoms with Crippen LogP contribution in [0.1, 0.15) is 50.4 Å². The van der Waals surface area contributed by atoms with Crippen LogP contribution in [0.3, 0.4) is 0 Å². The predicted octanol–water partition coefficient (Wildman–Crippen LogP) is 6.94. The molecule has 0 aliphatic carbocycles. The lowest BCUT2D eigenvalue weighted by molar-refractivity contribution is -0.0893. The van der Waals surface area contributed by atoms with E-state index in [0.29, 0.717) is 0 Å². The summed E-state index contributed by atoms with van der Waals surface area (Å²) < 4.78 is 5.96. The van der Waals surface area contributed by atoms with Gasteiger partial charge in [-0.1, -0.05) is 103 Å². The van der Waals surface area contributed by atoms with E-state index < -0.39 is 11.2 Å². The fourth-order valence-electron chi connectivity index (χ4n) is 4.85. The molecule has 41 heavy (non-hydrogen) atoms. The van der Waals surface area contributed by atoms with Crippen LogP contribution in [0.2, 0.25) is 0 Å². The summed E-state index contributed by atoms with van der Waals surface area (Å²) in [6.45, 7) is 7.28. The van der Waals surface area contributed by atoms with Crippen LogP contribution in [0.4, 0.5) is 0 Å². The molecule has 0 spiro atoms. The molecule has 4 nitrogen and oxygen atoms in total. The van der Waals surface area contributed by atoms with Crippen molar-refractivity contribution in [3.05, 3.63) is 132 Å². The summed E-state index contributed by atoms with van der Waals surface area (Å²) in [6.07, 6.45) is 2.20. The van der Waals surface area contributed by atoms with Crippen LogP contribution in [-0.2, 0) is 4.65 Å². The minimum atomic E-state index is -0.976. The quantitative estimate of drug-likeness (QED) is 0.221. The Morgan fingerprint density at radius 3 is 1.95 bits per heavy atom. The standard InChI is InChI=1S/C36H34BN2O2/c1-35(2,40)36(3,4)41-37-31-19-17-26(18-20-31)32-23-33(29-15-13-24-9-5-7-11-27(24)21-29)39-34(38-32)30-16-14-25-10-6-8-12-28(25)22-30/h5-23,33,40H,1-4H3,(H,38,39). The normalized spacial score (nSPS) is 15.8. The summed E-state index contributed by atoms with van der Waals surface area (Å²) in [4.78, 5) is 5.19. The number of hydrogen-bond acceptors (Lipinski definition) is 4. The zero-order valence-corrected chi connectivity index (χ0v) is 23.9. The van der Waals surface area contributed by atoms with Crippen molar-refractivity contribution >= 4 is 46.0 Å². The average Bonchev–Trinajstić information content (AvgIpc) is 2.99. The summed E-state index contributed by atoms with van der Waals surface area (Å²) in [6, 6.07) is 38.0. The van der Waals surface area contributed by atoms with Crippen LogP contribution in [0.15, 0.2) is 120 Å². The largest absolute Gasteiger partial charge is 0.427 e. The van der Waals surface area contributed by atoms with E-state index in [4.69, 9.17) is 9.65 Å². The number of benzene rings is 5. The van der Waals surface area contributed by atoms with Crippen molar-refractivity contribution in [1.82, 2.24) is 5.32 Å². The Morgan fingerprint density at radius 2 is 1.29 bits per heavy atom. The van der Waals surface area contributed by atoms with Gasteiger partial charge < -0.3 is 15.1 Å². The molecule has 0 saturated carbocycles. The number of aliphatic imine (C=N–C) groups is 1. The summed E-state index contributed by atoms with van der Waals surface area (Å²) >= 11 is 0. The third-order valence-electron chi connectivity index (χ3n) is 8.17. The second-order valence-corrected chi connectivity index (χ2v) is 11.7. The topological polar surface area (TPSA) is 53.9 Å². The maximum absolute atomic E-state index is 10.4. The first-order valence-electron chi connectivity index (χ1n) is 14.0. The molecule has 203 valence electrons. The third-order valence-corrected chi connectivity index (χ3v) is 8.17. The van der Waals surface area contributed by atoms with Gasteiger partial charge in [0.25, 0.3) is 0 Å². The van der Waals surface area contributed by atoms with Gasteiger partial charge in [0, 0.05) is 11.3 Å². The van der Waals surface area contributed by atoms with Gasteiger partial charge in [-0.05, 0) is 78.6 Å². The van der Waals surface area contributed by atoms with Crippen LogP contribution >= 0.6 is 0 Å². The second kappa shape index (κ2) is 10.7. The number of amidine groups is 1. The summed E-state index contributed by atoms with van der Waals surface area (Å²) in [5.41, 5.74) is 3.49. The van der Waals surface area contributed by atoms with Crippen molar-refractivity contribution in [1.29, 1.82) is 0 Å². The molecule has 6 rings (SSSR count). The van der Waals surface area contributed by atoms with Crippen LogP contribution < -0.4 is 10.8 Å². The van der Waals surface area contributed by atoms with E-state index in [1.807, 2.05) is 26.0 Å². The second-order valence-electron chi connectivity index (χ2n) is 11.7. The SMILES string of the molecule is CC(C)(O)C(C)(C)O[B]c1ccc(C2=CC(c3ccc4ccccc4c3)N=C(c3ccc4ccccc4c3)N2)cc1. The minimum absolute atomic E-state index is 0.139. The van der Waals surface area contributed by atoms with Gasteiger partial charge in [0.2, 0.25) is 0 Å². The molecule has 0 saturated heterocycles. The van der Waals surface area contributed by atoms with Crippen LogP contribution in [0.25, 0.3) is 27.2 Å². The molecule has 5 aromatic carbocycles. The van der Waals surface area contributed by atoms with Crippen molar-refractivity contribution in [3.8, 4) is 0 Å². The maximum atomic E-state index is 10.4. The highest BCUT2D eigenvalue weighted by atomic mass is 16.5.